The number of nitrogens with one attached hydrogen (secondary N) is 1. The Morgan fingerprint density at radius 1 is 1.35 bits per heavy atom. The lowest BCUT2D eigenvalue weighted by molar-refractivity contribution is -0.385. The largest absolute Gasteiger partial charge is 0.317 e. The van der Waals surface area contributed by atoms with Crippen LogP contribution in [0.25, 0.3) is 5.69 Å². The molecule has 0 bridgehead atoms. The Kier molecular flexibility index (Phi) is 3.23. The van der Waals surface area contributed by atoms with Crippen molar-refractivity contribution in [3.63, 3.8) is 0 Å². The molecule has 1 aliphatic rings. The van der Waals surface area contributed by atoms with Crippen molar-refractivity contribution in [1.29, 1.82) is 0 Å². The van der Waals surface area contributed by atoms with Crippen molar-refractivity contribution in [2.75, 3.05) is 7.05 Å². The molecule has 0 unspecified atom stereocenters. The molecular weight excluding hydrogens is 256 g/mol. The highest BCUT2D eigenvalue weighted by atomic mass is 16.6. The van der Waals surface area contributed by atoms with Crippen LogP contribution in [0.2, 0.25) is 0 Å². The smallest absolute Gasteiger partial charge is 0.310 e. The molecule has 0 saturated heterocycles. The minimum Gasteiger partial charge on any atom is -0.317 e. The fraction of sp³-hybridized carbons (Fsp3) is 0.357. The number of benzene rings is 1. The molecule has 20 heavy (non-hydrogen) atoms. The van der Waals surface area contributed by atoms with E-state index >= 15 is 0 Å². The Morgan fingerprint density at radius 2 is 2.05 bits per heavy atom. The summed E-state index contributed by atoms with van der Waals surface area (Å²) < 4.78 is 1.60. The molecule has 0 radical (unpaired) electrons. The fourth-order valence-electron chi connectivity index (χ4n) is 2.60. The highest BCUT2D eigenvalue weighted by Crippen LogP contribution is 2.40. The fourth-order valence-corrected chi connectivity index (χ4v) is 2.60. The molecule has 104 valence electrons. The van der Waals surface area contributed by atoms with Crippen molar-refractivity contribution in [1.82, 2.24) is 15.1 Å². The Morgan fingerprint density at radius 3 is 2.65 bits per heavy atom. The van der Waals surface area contributed by atoms with E-state index in [1.54, 1.807) is 4.68 Å². The number of rotatable bonds is 4. The summed E-state index contributed by atoms with van der Waals surface area (Å²) >= 11 is 0. The van der Waals surface area contributed by atoms with Gasteiger partial charge in [-0.15, -0.1) is 0 Å². The molecule has 0 spiro atoms. The minimum atomic E-state index is -0.339. The molecule has 6 heteroatoms. The zero-order valence-electron chi connectivity index (χ0n) is 11.2. The summed E-state index contributed by atoms with van der Waals surface area (Å²) in [5.41, 5.74) is 1.56. The monoisotopic (exact) mass is 272 g/mol. The van der Waals surface area contributed by atoms with Crippen LogP contribution in [0.15, 0.2) is 36.5 Å². The Bertz CT molecular complexity index is 617. The molecule has 0 amide bonds. The first kappa shape index (κ1) is 12.8. The number of para-hydroxylation sites is 1. The third-order valence-corrected chi connectivity index (χ3v) is 3.87. The second-order valence-corrected chi connectivity index (χ2v) is 5.09. The van der Waals surface area contributed by atoms with Gasteiger partial charge >= 0.3 is 5.69 Å². The van der Waals surface area contributed by atoms with Crippen LogP contribution in [0.1, 0.15) is 24.5 Å². The van der Waals surface area contributed by atoms with E-state index < -0.39 is 0 Å². The van der Waals surface area contributed by atoms with Gasteiger partial charge in [-0.3, -0.25) is 10.1 Å². The van der Waals surface area contributed by atoms with Crippen molar-refractivity contribution in [2.45, 2.75) is 24.8 Å². The Hall–Kier alpha value is -2.21. The van der Waals surface area contributed by atoms with E-state index in [9.17, 15) is 10.1 Å². The second kappa shape index (κ2) is 5.05. The Balaban J connectivity index is 1.94. The van der Waals surface area contributed by atoms with Gasteiger partial charge < -0.3 is 5.32 Å². The molecule has 0 atom stereocenters. The summed E-state index contributed by atoms with van der Waals surface area (Å²) in [5.74, 6) is 0.179. The molecule has 0 aliphatic heterocycles. The van der Waals surface area contributed by atoms with E-state index in [1.165, 1.54) is 6.20 Å². The second-order valence-electron chi connectivity index (χ2n) is 5.09. The summed E-state index contributed by atoms with van der Waals surface area (Å²) in [7, 11) is 1.91. The summed E-state index contributed by atoms with van der Waals surface area (Å²) in [6, 6.07) is 9.91. The van der Waals surface area contributed by atoms with E-state index in [0.29, 0.717) is 11.7 Å². The molecule has 1 aromatic carbocycles. The van der Waals surface area contributed by atoms with Crippen LogP contribution >= 0.6 is 0 Å². The van der Waals surface area contributed by atoms with Gasteiger partial charge in [0, 0.05) is 12.0 Å². The van der Waals surface area contributed by atoms with Crippen LogP contribution in [-0.4, -0.2) is 27.8 Å². The van der Waals surface area contributed by atoms with Gasteiger partial charge in [-0.1, -0.05) is 18.2 Å². The van der Waals surface area contributed by atoms with E-state index in [2.05, 4.69) is 10.4 Å². The first-order valence-corrected chi connectivity index (χ1v) is 6.65. The minimum absolute atomic E-state index is 0.119. The Labute approximate surface area is 116 Å². The average Bonchev–Trinajstić information content (AvgIpc) is 2.84. The van der Waals surface area contributed by atoms with Gasteiger partial charge in [0.25, 0.3) is 0 Å². The zero-order valence-corrected chi connectivity index (χ0v) is 11.2. The molecule has 1 N–H and O–H groups in total. The van der Waals surface area contributed by atoms with Gasteiger partial charge in [0.05, 0.1) is 10.6 Å². The van der Waals surface area contributed by atoms with E-state index in [4.69, 9.17) is 0 Å². The highest BCUT2D eigenvalue weighted by molar-refractivity contribution is 5.41. The van der Waals surface area contributed by atoms with Crippen LogP contribution in [0, 0.1) is 10.1 Å². The van der Waals surface area contributed by atoms with Crippen molar-refractivity contribution in [2.24, 2.45) is 0 Å². The summed E-state index contributed by atoms with van der Waals surface area (Å²) in [5, 5.41) is 18.8. The molecule has 1 heterocycles. The van der Waals surface area contributed by atoms with Gasteiger partial charge in [0.2, 0.25) is 0 Å². The maximum Gasteiger partial charge on any atom is 0.310 e. The van der Waals surface area contributed by atoms with Gasteiger partial charge in [-0.25, -0.2) is 4.68 Å². The lowest BCUT2D eigenvalue weighted by Gasteiger charge is -2.33. The molecule has 1 aliphatic carbocycles. The summed E-state index contributed by atoms with van der Waals surface area (Å²) in [6.45, 7) is 0. The topological polar surface area (TPSA) is 73.0 Å². The third-order valence-electron chi connectivity index (χ3n) is 3.87. The number of nitro groups is 1. The highest BCUT2D eigenvalue weighted by Gasteiger charge is 2.36. The van der Waals surface area contributed by atoms with Gasteiger partial charge in [-0.2, -0.15) is 5.10 Å². The number of hydrogen-bond donors (Lipinski definition) is 1. The lowest BCUT2D eigenvalue weighted by Crippen LogP contribution is -2.38. The van der Waals surface area contributed by atoms with Crippen LogP contribution in [0.4, 0.5) is 5.69 Å². The number of hydrogen-bond acceptors (Lipinski definition) is 4. The standard InChI is InChI=1S/C14H16N4O2/c1-15-11-7-10(8-11)14-13(18(19)20)9-17(16-14)12-5-3-2-4-6-12/h2-6,9-11,15H,7-8H2,1H3. The quantitative estimate of drug-likeness (QED) is 0.684. The van der Waals surface area contributed by atoms with Crippen LogP contribution in [0.3, 0.4) is 0 Å². The number of nitrogens with zero attached hydrogens (tertiary/aromatic N) is 3. The van der Waals surface area contributed by atoms with Crippen LogP contribution < -0.4 is 5.32 Å². The van der Waals surface area contributed by atoms with Gasteiger partial charge in [-0.05, 0) is 32.0 Å². The normalized spacial score (nSPS) is 21.4. The SMILES string of the molecule is CNC1CC(c2nn(-c3ccccc3)cc2[N+](=O)[O-])C1. The lowest BCUT2D eigenvalue weighted by atomic mass is 9.78. The van der Waals surface area contributed by atoms with E-state index in [0.717, 1.165) is 18.5 Å². The first-order valence-electron chi connectivity index (χ1n) is 6.65. The zero-order chi connectivity index (χ0) is 14.1. The maximum atomic E-state index is 11.2. The predicted molar refractivity (Wildman–Crippen MR) is 75.0 cm³/mol. The van der Waals surface area contributed by atoms with Gasteiger partial charge in [0.15, 0.2) is 0 Å². The maximum absolute atomic E-state index is 11.2. The molecule has 1 saturated carbocycles. The summed E-state index contributed by atoms with van der Waals surface area (Å²) in [6.07, 6.45) is 3.32. The molecule has 1 fully saturated rings. The third kappa shape index (κ3) is 2.18. The van der Waals surface area contributed by atoms with Crippen molar-refractivity contribution in [3.8, 4) is 5.69 Å². The first-order chi connectivity index (χ1) is 9.69. The van der Waals surface area contributed by atoms with Crippen LogP contribution in [-0.2, 0) is 0 Å². The molecule has 6 nitrogen and oxygen atoms in total. The molecule has 1 aromatic heterocycles. The predicted octanol–water partition coefficient (Wildman–Crippen LogP) is 2.25. The van der Waals surface area contributed by atoms with E-state index in [1.807, 2.05) is 37.4 Å². The average molecular weight is 272 g/mol. The van der Waals surface area contributed by atoms with E-state index in [-0.39, 0.29) is 16.5 Å². The molecule has 2 aromatic rings. The van der Waals surface area contributed by atoms with Crippen molar-refractivity contribution in [3.05, 3.63) is 52.3 Å². The summed E-state index contributed by atoms with van der Waals surface area (Å²) in [4.78, 5) is 10.9. The van der Waals surface area contributed by atoms with Crippen molar-refractivity contribution < 1.29 is 4.92 Å². The molecular formula is C14H16N4O2. The van der Waals surface area contributed by atoms with Crippen LogP contribution in [0.5, 0.6) is 0 Å². The van der Waals surface area contributed by atoms with Crippen molar-refractivity contribution >= 4 is 5.69 Å². The van der Waals surface area contributed by atoms with Gasteiger partial charge in [0.1, 0.15) is 11.9 Å². The molecule has 3 rings (SSSR count). The number of aromatic nitrogens is 2.